The second-order valence-corrected chi connectivity index (χ2v) is 6.73. The summed E-state index contributed by atoms with van der Waals surface area (Å²) in [6.45, 7) is 0. The zero-order valence-electron chi connectivity index (χ0n) is 12.5. The highest BCUT2D eigenvalue weighted by atomic mass is 19.4. The smallest absolute Gasteiger partial charge is 0.316 e. The van der Waals surface area contributed by atoms with Crippen LogP contribution in [-0.2, 0) is 0 Å². The van der Waals surface area contributed by atoms with Gasteiger partial charge in [0.25, 0.3) is 0 Å². The summed E-state index contributed by atoms with van der Waals surface area (Å²) in [6, 6.07) is 0.290. The highest BCUT2D eigenvalue weighted by molar-refractivity contribution is 4.88. The molecular weight excluding hydrogens is 263 g/mol. The lowest BCUT2D eigenvalue weighted by molar-refractivity contribution is -0.187. The molecule has 0 heterocycles. The van der Waals surface area contributed by atoms with Crippen LogP contribution in [-0.4, -0.2) is 19.3 Å². The van der Waals surface area contributed by atoms with Gasteiger partial charge >= 0.3 is 6.18 Å². The van der Waals surface area contributed by atoms with Gasteiger partial charge in [-0.2, -0.15) is 13.2 Å². The predicted octanol–water partition coefficient (Wildman–Crippen LogP) is 4.91. The van der Waals surface area contributed by atoms with Crippen LogP contribution in [0.2, 0.25) is 0 Å². The van der Waals surface area contributed by atoms with Gasteiger partial charge in [0.2, 0.25) is 0 Å². The van der Waals surface area contributed by atoms with Crippen molar-refractivity contribution in [1.82, 2.24) is 5.32 Å². The summed E-state index contributed by atoms with van der Waals surface area (Å²) in [5.41, 5.74) is 0. The fraction of sp³-hybridized carbons (Fsp3) is 1.00. The van der Waals surface area contributed by atoms with Gasteiger partial charge in [-0.25, -0.2) is 0 Å². The summed E-state index contributed by atoms with van der Waals surface area (Å²) in [5, 5.41) is 3.37. The highest BCUT2D eigenvalue weighted by Crippen LogP contribution is 2.43. The Morgan fingerprint density at radius 3 is 2.00 bits per heavy atom. The van der Waals surface area contributed by atoms with Gasteiger partial charge in [-0.1, -0.05) is 32.1 Å². The van der Waals surface area contributed by atoms with E-state index < -0.39 is 12.1 Å². The molecule has 0 radical (unpaired) electrons. The Morgan fingerprint density at radius 2 is 1.45 bits per heavy atom. The number of halogens is 3. The minimum Gasteiger partial charge on any atom is -0.316 e. The first-order valence-corrected chi connectivity index (χ1v) is 8.26. The molecule has 2 aliphatic carbocycles. The minimum absolute atomic E-state index is 0.212. The van der Waals surface area contributed by atoms with Crippen molar-refractivity contribution in [2.24, 2.45) is 17.8 Å². The number of hydrogen-bond acceptors (Lipinski definition) is 1. The molecule has 0 bridgehead atoms. The summed E-state index contributed by atoms with van der Waals surface area (Å²) >= 11 is 0. The monoisotopic (exact) mass is 291 g/mol. The Hall–Kier alpha value is -0.250. The van der Waals surface area contributed by atoms with Crippen molar-refractivity contribution in [2.45, 2.75) is 76.4 Å². The summed E-state index contributed by atoms with van der Waals surface area (Å²) in [5.74, 6) is -0.272. The van der Waals surface area contributed by atoms with E-state index in [1.54, 1.807) is 0 Å². The van der Waals surface area contributed by atoms with E-state index in [9.17, 15) is 13.2 Å². The van der Waals surface area contributed by atoms with Crippen LogP contribution in [0.5, 0.6) is 0 Å². The lowest BCUT2D eigenvalue weighted by Gasteiger charge is -2.39. The molecule has 3 unspecified atom stereocenters. The van der Waals surface area contributed by atoms with Crippen LogP contribution in [0.15, 0.2) is 0 Å². The fourth-order valence-electron chi connectivity index (χ4n) is 4.38. The Morgan fingerprint density at radius 1 is 0.850 bits per heavy atom. The molecule has 2 rings (SSSR count). The lowest BCUT2D eigenvalue weighted by atomic mass is 9.72. The molecule has 0 amide bonds. The van der Waals surface area contributed by atoms with Gasteiger partial charge in [0.15, 0.2) is 0 Å². The van der Waals surface area contributed by atoms with Crippen LogP contribution in [0.1, 0.15) is 64.2 Å². The molecule has 2 fully saturated rings. The Kier molecular flexibility index (Phi) is 5.76. The largest absolute Gasteiger partial charge is 0.391 e. The van der Waals surface area contributed by atoms with Crippen LogP contribution in [0.25, 0.3) is 0 Å². The highest BCUT2D eigenvalue weighted by Gasteiger charge is 2.44. The van der Waals surface area contributed by atoms with E-state index in [-0.39, 0.29) is 5.92 Å². The first-order valence-electron chi connectivity index (χ1n) is 8.26. The molecule has 3 atom stereocenters. The van der Waals surface area contributed by atoms with E-state index in [0.717, 1.165) is 12.8 Å². The van der Waals surface area contributed by atoms with E-state index in [1.165, 1.54) is 38.5 Å². The molecule has 0 spiro atoms. The maximum absolute atomic E-state index is 13.0. The number of nitrogens with one attached hydrogen (secondary N) is 1. The molecule has 0 aromatic heterocycles. The molecule has 2 saturated carbocycles. The molecule has 4 heteroatoms. The maximum Gasteiger partial charge on any atom is 0.391 e. The van der Waals surface area contributed by atoms with Gasteiger partial charge < -0.3 is 5.32 Å². The fourth-order valence-corrected chi connectivity index (χ4v) is 4.38. The molecule has 0 saturated heterocycles. The van der Waals surface area contributed by atoms with Crippen molar-refractivity contribution in [3.63, 3.8) is 0 Å². The third kappa shape index (κ3) is 4.12. The molecule has 118 valence electrons. The Balaban J connectivity index is 1.99. The van der Waals surface area contributed by atoms with Crippen molar-refractivity contribution in [1.29, 1.82) is 0 Å². The quantitative estimate of drug-likeness (QED) is 0.728. The minimum atomic E-state index is -4.00. The SMILES string of the molecule is CNC(C1CCCCCC1)C1CCCC(C(F)(F)F)C1. The van der Waals surface area contributed by atoms with Gasteiger partial charge in [-0.15, -0.1) is 0 Å². The van der Waals surface area contributed by atoms with Crippen molar-refractivity contribution in [2.75, 3.05) is 7.05 Å². The summed E-state index contributed by atoms with van der Waals surface area (Å²) in [7, 11) is 1.94. The number of hydrogen-bond donors (Lipinski definition) is 1. The van der Waals surface area contributed by atoms with Gasteiger partial charge in [-0.05, 0) is 51.0 Å². The van der Waals surface area contributed by atoms with Crippen LogP contribution < -0.4 is 5.32 Å². The van der Waals surface area contributed by atoms with Crippen molar-refractivity contribution < 1.29 is 13.2 Å². The average molecular weight is 291 g/mol. The topological polar surface area (TPSA) is 12.0 Å². The predicted molar refractivity (Wildman–Crippen MR) is 75.5 cm³/mol. The second kappa shape index (κ2) is 7.15. The Labute approximate surface area is 120 Å². The summed E-state index contributed by atoms with van der Waals surface area (Å²) in [6.07, 6.45) is 5.85. The van der Waals surface area contributed by atoms with Gasteiger partial charge in [0, 0.05) is 6.04 Å². The van der Waals surface area contributed by atoms with E-state index in [0.29, 0.717) is 24.8 Å². The van der Waals surface area contributed by atoms with E-state index in [1.807, 2.05) is 7.05 Å². The summed E-state index contributed by atoms with van der Waals surface area (Å²) in [4.78, 5) is 0. The molecule has 0 aromatic rings. The molecule has 0 aliphatic heterocycles. The van der Waals surface area contributed by atoms with E-state index in [4.69, 9.17) is 0 Å². The third-order valence-electron chi connectivity index (χ3n) is 5.43. The standard InChI is InChI=1S/C16H28F3N/c1-20-15(12-7-4-2-3-5-8-12)13-9-6-10-14(11-13)16(17,18)19/h12-15,20H,2-11H2,1H3. The second-order valence-electron chi connectivity index (χ2n) is 6.73. The van der Waals surface area contributed by atoms with Gasteiger partial charge in [-0.3, -0.25) is 0 Å². The van der Waals surface area contributed by atoms with Crippen molar-refractivity contribution >= 4 is 0 Å². The normalized spacial score (nSPS) is 31.8. The van der Waals surface area contributed by atoms with Crippen molar-refractivity contribution in [3.8, 4) is 0 Å². The van der Waals surface area contributed by atoms with Crippen LogP contribution in [0.3, 0.4) is 0 Å². The Bertz CT molecular complexity index is 282. The van der Waals surface area contributed by atoms with Crippen LogP contribution in [0.4, 0.5) is 13.2 Å². The molecule has 1 nitrogen and oxygen atoms in total. The number of rotatable bonds is 3. The van der Waals surface area contributed by atoms with E-state index >= 15 is 0 Å². The zero-order chi connectivity index (χ0) is 14.6. The molecule has 2 aliphatic rings. The zero-order valence-corrected chi connectivity index (χ0v) is 12.5. The summed E-state index contributed by atoms with van der Waals surface area (Å²) < 4.78 is 38.9. The van der Waals surface area contributed by atoms with Gasteiger partial charge in [0.05, 0.1) is 5.92 Å². The first kappa shape index (κ1) is 16.1. The molecule has 20 heavy (non-hydrogen) atoms. The van der Waals surface area contributed by atoms with Crippen LogP contribution >= 0.6 is 0 Å². The molecule has 1 N–H and O–H groups in total. The van der Waals surface area contributed by atoms with Crippen molar-refractivity contribution in [3.05, 3.63) is 0 Å². The lowest BCUT2D eigenvalue weighted by Crippen LogP contribution is -2.43. The molecular formula is C16H28F3N. The van der Waals surface area contributed by atoms with Gasteiger partial charge in [0.1, 0.15) is 0 Å². The van der Waals surface area contributed by atoms with Crippen LogP contribution in [0, 0.1) is 17.8 Å². The number of alkyl halides is 3. The first-order chi connectivity index (χ1) is 9.52. The molecule has 0 aromatic carbocycles. The average Bonchev–Trinajstić information content (AvgIpc) is 2.68. The third-order valence-corrected chi connectivity index (χ3v) is 5.43. The maximum atomic E-state index is 13.0. The van der Waals surface area contributed by atoms with E-state index in [2.05, 4.69) is 5.32 Å².